The van der Waals surface area contributed by atoms with Gasteiger partial charge in [0.25, 0.3) is 5.91 Å². The lowest BCUT2D eigenvalue weighted by molar-refractivity contribution is 0.0922. The van der Waals surface area contributed by atoms with Crippen LogP contribution in [0.2, 0.25) is 0 Å². The Morgan fingerprint density at radius 3 is 2.11 bits per heavy atom. The summed E-state index contributed by atoms with van der Waals surface area (Å²) in [6, 6.07) is 3.51. The van der Waals surface area contributed by atoms with Gasteiger partial charge in [0.15, 0.2) is 0 Å². The van der Waals surface area contributed by atoms with Gasteiger partial charge in [0, 0.05) is 6.04 Å². The minimum Gasteiger partial charge on any atom is -0.349 e. The van der Waals surface area contributed by atoms with Crippen molar-refractivity contribution in [3.63, 3.8) is 0 Å². The van der Waals surface area contributed by atoms with Crippen LogP contribution in [0.25, 0.3) is 0 Å². The first kappa shape index (κ1) is 14.0. The van der Waals surface area contributed by atoms with Crippen LogP contribution in [0.3, 0.4) is 0 Å². The van der Waals surface area contributed by atoms with Gasteiger partial charge < -0.3 is 5.32 Å². The summed E-state index contributed by atoms with van der Waals surface area (Å²) in [4.78, 5) is 12.0. The Hall–Kier alpha value is -1.45. The number of hydrogen-bond acceptors (Lipinski definition) is 1. The topological polar surface area (TPSA) is 29.1 Å². The molecule has 1 fully saturated rings. The third kappa shape index (κ3) is 3.75. The largest absolute Gasteiger partial charge is 0.349 e. The average Bonchev–Trinajstić information content (AvgIpc) is 2.32. The molecule has 0 unspecified atom stereocenters. The molecular formula is C15H19F2NO. The Morgan fingerprint density at radius 2 is 1.53 bits per heavy atom. The molecule has 0 atom stereocenters. The number of carbonyl (C=O) groups is 1. The second kappa shape index (κ2) is 6.64. The third-order valence-electron chi connectivity index (χ3n) is 3.63. The molecule has 0 radical (unpaired) electrons. The molecular weight excluding hydrogens is 248 g/mol. The molecule has 0 aromatic heterocycles. The number of nitrogens with one attached hydrogen (secondary N) is 1. The van der Waals surface area contributed by atoms with E-state index in [1.807, 2.05) is 0 Å². The molecule has 0 heterocycles. The molecule has 0 aliphatic heterocycles. The third-order valence-corrected chi connectivity index (χ3v) is 3.63. The Morgan fingerprint density at radius 1 is 1.00 bits per heavy atom. The van der Waals surface area contributed by atoms with Gasteiger partial charge in [-0.25, -0.2) is 8.78 Å². The predicted molar refractivity (Wildman–Crippen MR) is 69.9 cm³/mol. The Kier molecular flexibility index (Phi) is 4.88. The first-order chi connectivity index (χ1) is 9.18. The second-order valence-corrected chi connectivity index (χ2v) is 5.11. The molecule has 0 spiro atoms. The quantitative estimate of drug-likeness (QED) is 0.867. The van der Waals surface area contributed by atoms with E-state index in [2.05, 4.69) is 5.32 Å². The van der Waals surface area contributed by atoms with Gasteiger partial charge in [-0.05, 0) is 25.0 Å². The van der Waals surface area contributed by atoms with Gasteiger partial charge in [-0.2, -0.15) is 0 Å². The van der Waals surface area contributed by atoms with Crippen LogP contribution in [0.15, 0.2) is 18.2 Å². The highest BCUT2D eigenvalue weighted by atomic mass is 19.1. The molecule has 1 aliphatic rings. The summed E-state index contributed by atoms with van der Waals surface area (Å²) in [5.74, 6) is -2.24. The summed E-state index contributed by atoms with van der Waals surface area (Å²) in [6.45, 7) is 0. The van der Waals surface area contributed by atoms with E-state index < -0.39 is 23.1 Å². The molecule has 0 saturated heterocycles. The molecule has 1 aliphatic carbocycles. The van der Waals surface area contributed by atoms with Crippen molar-refractivity contribution in [1.29, 1.82) is 0 Å². The van der Waals surface area contributed by atoms with E-state index in [4.69, 9.17) is 0 Å². The zero-order valence-electron chi connectivity index (χ0n) is 10.9. The normalized spacial score (nSPS) is 17.6. The van der Waals surface area contributed by atoms with Crippen LogP contribution in [-0.2, 0) is 0 Å². The predicted octanol–water partition coefficient (Wildman–Crippen LogP) is 3.81. The van der Waals surface area contributed by atoms with Crippen molar-refractivity contribution in [3.05, 3.63) is 35.4 Å². The van der Waals surface area contributed by atoms with E-state index in [9.17, 15) is 13.6 Å². The summed E-state index contributed by atoms with van der Waals surface area (Å²) in [7, 11) is 0. The molecule has 1 aromatic carbocycles. The van der Waals surface area contributed by atoms with E-state index in [0.717, 1.165) is 37.8 Å². The van der Waals surface area contributed by atoms with Crippen molar-refractivity contribution >= 4 is 5.91 Å². The molecule has 1 saturated carbocycles. The van der Waals surface area contributed by atoms with E-state index in [1.165, 1.54) is 25.3 Å². The van der Waals surface area contributed by atoms with Crippen LogP contribution in [0.4, 0.5) is 8.78 Å². The lowest BCUT2D eigenvalue weighted by Crippen LogP contribution is -2.36. The van der Waals surface area contributed by atoms with Gasteiger partial charge in [0.1, 0.15) is 17.2 Å². The van der Waals surface area contributed by atoms with Crippen molar-refractivity contribution in [1.82, 2.24) is 5.32 Å². The fourth-order valence-electron chi connectivity index (χ4n) is 2.57. The van der Waals surface area contributed by atoms with Crippen molar-refractivity contribution in [2.75, 3.05) is 0 Å². The number of carbonyl (C=O) groups excluding carboxylic acids is 1. The van der Waals surface area contributed by atoms with E-state index >= 15 is 0 Å². The summed E-state index contributed by atoms with van der Waals surface area (Å²) in [5.41, 5.74) is -0.468. The number of hydrogen-bond donors (Lipinski definition) is 1. The van der Waals surface area contributed by atoms with Crippen molar-refractivity contribution < 1.29 is 13.6 Å². The van der Waals surface area contributed by atoms with Crippen molar-refractivity contribution in [2.24, 2.45) is 0 Å². The lowest BCUT2D eigenvalue weighted by Gasteiger charge is -2.21. The molecule has 2 rings (SSSR count). The fraction of sp³-hybridized carbons (Fsp3) is 0.533. The maximum Gasteiger partial charge on any atom is 0.257 e. The Labute approximate surface area is 112 Å². The molecule has 0 bridgehead atoms. The highest BCUT2D eigenvalue weighted by Gasteiger charge is 2.20. The number of halogens is 2. The Bertz CT molecular complexity index is 420. The van der Waals surface area contributed by atoms with Crippen LogP contribution in [0.1, 0.15) is 55.3 Å². The van der Waals surface area contributed by atoms with Gasteiger partial charge >= 0.3 is 0 Å². The van der Waals surface area contributed by atoms with Crippen LogP contribution in [0, 0.1) is 11.6 Å². The zero-order chi connectivity index (χ0) is 13.7. The summed E-state index contributed by atoms with van der Waals surface area (Å²) >= 11 is 0. The zero-order valence-corrected chi connectivity index (χ0v) is 10.9. The molecule has 4 heteroatoms. The average molecular weight is 267 g/mol. The first-order valence-electron chi connectivity index (χ1n) is 6.93. The standard InChI is InChI=1S/C15H19F2NO/c16-12-9-6-10-13(17)14(12)15(19)18-11-7-4-2-1-3-5-8-11/h6,9-11H,1-5,7-8H2,(H,18,19). The molecule has 104 valence electrons. The second-order valence-electron chi connectivity index (χ2n) is 5.11. The highest BCUT2D eigenvalue weighted by Crippen LogP contribution is 2.18. The monoisotopic (exact) mass is 267 g/mol. The van der Waals surface area contributed by atoms with Crippen LogP contribution in [-0.4, -0.2) is 11.9 Å². The van der Waals surface area contributed by atoms with Gasteiger partial charge in [-0.1, -0.05) is 38.2 Å². The van der Waals surface area contributed by atoms with Crippen LogP contribution < -0.4 is 5.32 Å². The van der Waals surface area contributed by atoms with Gasteiger partial charge in [-0.15, -0.1) is 0 Å². The SMILES string of the molecule is O=C(NC1CCCCCCC1)c1c(F)cccc1F. The molecule has 2 nitrogen and oxygen atoms in total. The minimum atomic E-state index is -0.802. The fourth-order valence-corrected chi connectivity index (χ4v) is 2.57. The summed E-state index contributed by atoms with van der Waals surface area (Å²) in [6.07, 6.45) is 7.47. The lowest BCUT2D eigenvalue weighted by atomic mass is 9.96. The van der Waals surface area contributed by atoms with E-state index in [0.29, 0.717) is 0 Å². The maximum absolute atomic E-state index is 13.5. The number of amides is 1. The van der Waals surface area contributed by atoms with Gasteiger partial charge in [0.05, 0.1) is 0 Å². The van der Waals surface area contributed by atoms with E-state index in [-0.39, 0.29) is 6.04 Å². The number of rotatable bonds is 2. The summed E-state index contributed by atoms with van der Waals surface area (Å²) < 4.78 is 27.0. The highest BCUT2D eigenvalue weighted by molar-refractivity contribution is 5.94. The van der Waals surface area contributed by atoms with Gasteiger partial charge in [-0.3, -0.25) is 4.79 Å². The Balaban J connectivity index is 2.03. The van der Waals surface area contributed by atoms with Crippen LogP contribution in [0.5, 0.6) is 0 Å². The van der Waals surface area contributed by atoms with Crippen molar-refractivity contribution in [2.45, 2.75) is 51.0 Å². The molecule has 1 N–H and O–H groups in total. The summed E-state index contributed by atoms with van der Waals surface area (Å²) in [5, 5.41) is 2.77. The smallest absolute Gasteiger partial charge is 0.257 e. The van der Waals surface area contributed by atoms with Crippen LogP contribution >= 0.6 is 0 Å². The maximum atomic E-state index is 13.5. The molecule has 19 heavy (non-hydrogen) atoms. The van der Waals surface area contributed by atoms with E-state index in [1.54, 1.807) is 0 Å². The molecule has 1 amide bonds. The van der Waals surface area contributed by atoms with Gasteiger partial charge in [0.2, 0.25) is 0 Å². The minimum absolute atomic E-state index is 0.0341. The van der Waals surface area contributed by atoms with Crippen molar-refractivity contribution in [3.8, 4) is 0 Å². The number of benzene rings is 1. The first-order valence-corrected chi connectivity index (χ1v) is 6.93. The molecule has 1 aromatic rings.